The van der Waals surface area contributed by atoms with Gasteiger partial charge in [-0.25, -0.2) is 4.79 Å². The van der Waals surface area contributed by atoms with E-state index < -0.39 is 5.60 Å². The minimum absolute atomic E-state index is 0.193. The van der Waals surface area contributed by atoms with E-state index in [1.165, 1.54) is 11.4 Å². The average molecular weight is 307 g/mol. The normalized spacial score (nSPS) is 19.7. The van der Waals surface area contributed by atoms with Gasteiger partial charge in [0.2, 0.25) is 0 Å². The molecule has 1 aliphatic heterocycles. The minimum atomic E-state index is -0.430. The Balaban J connectivity index is 1.91. The van der Waals surface area contributed by atoms with Gasteiger partial charge in [0, 0.05) is 30.5 Å². The van der Waals surface area contributed by atoms with Crippen molar-refractivity contribution in [1.29, 1.82) is 0 Å². The quantitative estimate of drug-likeness (QED) is 0.910. The lowest BCUT2D eigenvalue weighted by Crippen LogP contribution is -2.38. The van der Waals surface area contributed by atoms with Gasteiger partial charge in [-0.05, 0) is 66.0 Å². The van der Waals surface area contributed by atoms with Gasteiger partial charge in [-0.1, -0.05) is 0 Å². The van der Waals surface area contributed by atoms with E-state index in [1.807, 2.05) is 25.7 Å². The summed E-state index contributed by atoms with van der Waals surface area (Å²) < 4.78 is 7.62. The number of aryl methyl sites for hydroxylation is 2. The molecule has 22 heavy (non-hydrogen) atoms. The van der Waals surface area contributed by atoms with Crippen LogP contribution in [0, 0.1) is 13.8 Å². The van der Waals surface area contributed by atoms with Gasteiger partial charge in [-0.3, -0.25) is 4.68 Å². The molecule has 1 fully saturated rings. The maximum Gasteiger partial charge on any atom is 0.410 e. The van der Waals surface area contributed by atoms with Crippen molar-refractivity contribution in [2.45, 2.75) is 65.5 Å². The van der Waals surface area contributed by atoms with Crippen molar-refractivity contribution in [1.82, 2.24) is 9.58 Å². The van der Waals surface area contributed by atoms with Crippen LogP contribution >= 0.6 is 0 Å². The lowest BCUT2D eigenvalue weighted by Gasteiger charge is -2.26. The highest BCUT2D eigenvalue weighted by Crippen LogP contribution is 2.17. The third-order valence-electron chi connectivity index (χ3n) is 3.96. The van der Waals surface area contributed by atoms with Gasteiger partial charge >= 0.3 is 6.09 Å². The van der Waals surface area contributed by atoms with Gasteiger partial charge in [0.05, 0.1) is 0 Å². The summed E-state index contributed by atoms with van der Waals surface area (Å²) in [7, 11) is 0. The molecule has 5 nitrogen and oxygen atoms in total. The number of carbonyl (C=O) groups excluding carboxylic acids is 1. The molecule has 0 spiro atoms. The maximum absolute atomic E-state index is 12.2. The molecule has 1 aromatic heterocycles. The summed E-state index contributed by atoms with van der Waals surface area (Å²) in [5, 5.41) is 0. The summed E-state index contributed by atoms with van der Waals surface area (Å²) in [6, 6.07) is 4.62. The van der Waals surface area contributed by atoms with Crippen molar-refractivity contribution in [2.75, 3.05) is 18.5 Å². The molecule has 2 heterocycles. The summed E-state index contributed by atoms with van der Waals surface area (Å²) in [5.74, 6) is 0. The van der Waals surface area contributed by atoms with Crippen molar-refractivity contribution < 1.29 is 9.53 Å². The molecule has 124 valence electrons. The Morgan fingerprint density at radius 2 is 1.82 bits per heavy atom. The fourth-order valence-corrected chi connectivity index (χ4v) is 2.79. The van der Waals surface area contributed by atoms with Crippen LogP contribution in [-0.4, -0.2) is 40.4 Å². The second-order valence-electron chi connectivity index (χ2n) is 7.18. The number of likely N-dealkylation sites (tertiary alicyclic amines) is 1. The van der Waals surface area contributed by atoms with Crippen LogP contribution in [0.3, 0.4) is 0 Å². The summed E-state index contributed by atoms with van der Waals surface area (Å²) in [5.41, 5.74) is 5.58. The predicted molar refractivity (Wildman–Crippen MR) is 88.7 cm³/mol. The Morgan fingerprint density at radius 3 is 2.41 bits per heavy atom. The van der Waals surface area contributed by atoms with Crippen LogP contribution in [-0.2, 0) is 4.74 Å². The molecule has 2 rings (SSSR count). The first-order chi connectivity index (χ1) is 10.3. The lowest BCUT2D eigenvalue weighted by atomic mass is 10.1. The van der Waals surface area contributed by atoms with Crippen LogP contribution in [0.15, 0.2) is 12.1 Å². The fraction of sp³-hybridized carbons (Fsp3) is 0.706. The molecule has 1 N–H and O–H groups in total. The topological polar surface area (TPSA) is 46.5 Å². The smallest absolute Gasteiger partial charge is 0.410 e. The Morgan fingerprint density at radius 1 is 1.18 bits per heavy atom. The Hall–Kier alpha value is -1.65. The maximum atomic E-state index is 12.2. The van der Waals surface area contributed by atoms with Crippen LogP contribution in [0.2, 0.25) is 0 Å². The number of nitrogens with one attached hydrogen (secondary N) is 1. The van der Waals surface area contributed by atoms with Gasteiger partial charge in [0.25, 0.3) is 0 Å². The van der Waals surface area contributed by atoms with E-state index >= 15 is 0 Å². The van der Waals surface area contributed by atoms with E-state index in [9.17, 15) is 4.79 Å². The molecular formula is C17H29N3O2. The number of amides is 1. The predicted octanol–water partition coefficient (Wildman–Crippen LogP) is 3.44. The lowest BCUT2D eigenvalue weighted by molar-refractivity contribution is 0.0256. The fourth-order valence-electron chi connectivity index (χ4n) is 2.79. The van der Waals surface area contributed by atoms with Gasteiger partial charge < -0.3 is 15.1 Å². The molecule has 0 aliphatic carbocycles. The van der Waals surface area contributed by atoms with Gasteiger partial charge in [0.15, 0.2) is 0 Å². The van der Waals surface area contributed by atoms with E-state index in [2.05, 4.69) is 36.1 Å². The molecule has 1 amide bonds. The van der Waals surface area contributed by atoms with E-state index in [-0.39, 0.29) is 6.09 Å². The van der Waals surface area contributed by atoms with Crippen molar-refractivity contribution >= 4 is 6.09 Å². The summed E-state index contributed by atoms with van der Waals surface area (Å²) in [4.78, 5) is 14.0. The molecule has 0 radical (unpaired) electrons. The van der Waals surface area contributed by atoms with Gasteiger partial charge in [0.1, 0.15) is 5.60 Å². The Bertz CT molecular complexity index is 497. The van der Waals surface area contributed by atoms with E-state index in [0.717, 1.165) is 32.4 Å². The largest absolute Gasteiger partial charge is 0.444 e. The molecule has 1 unspecified atom stereocenters. The van der Waals surface area contributed by atoms with Crippen molar-refractivity contribution in [2.24, 2.45) is 0 Å². The van der Waals surface area contributed by atoms with Crippen molar-refractivity contribution in [3.05, 3.63) is 23.5 Å². The van der Waals surface area contributed by atoms with Crippen LogP contribution < -0.4 is 5.43 Å². The molecule has 1 aliphatic rings. The highest BCUT2D eigenvalue weighted by molar-refractivity contribution is 5.68. The first-order valence-electron chi connectivity index (χ1n) is 8.16. The molecular weight excluding hydrogens is 278 g/mol. The molecule has 5 heteroatoms. The number of rotatable bonds is 2. The molecule has 0 aromatic carbocycles. The second kappa shape index (κ2) is 6.63. The molecule has 1 aromatic rings. The SMILES string of the molecule is Cc1ccc(C)n1NC1CCCN(C(=O)OC(C)(C)C)CC1. The van der Waals surface area contributed by atoms with Crippen LogP contribution in [0.1, 0.15) is 51.4 Å². The zero-order chi connectivity index (χ0) is 16.3. The van der Waals surface area contributed by atoms with Gasteiger partial charge in [-0.15, -0.1) is 0 Å². The van der Waals surface area contributed by atoms with E-state index in [1.54, 1.807) is 0 Å². The molecule has 0 bridgehead atoms. The average Bonchev–Trinajstić information content (AvgIpc) is 2.64. The Kier molecular flexibility index (Phi) is 5.04. The summed E-state index contributed by atoms with van der Waals surface area (Å²) in [6.07, 6.45) is 2.81. The highest BCUT2D eigenvalue weighted by atomic mass is 16.6. The number of nitrogens with zero attached hydrogens (tertiary/aromatic N) is 2. The minimum Gasteiger partial charge on any atom is -0.444 e. The first kappa shape index (κ1) is 16.7. The Labute approximate surface area is 133 Å². The standard InChI is InChI=1S/C17H29N3O2/c1-13-8-9-14(2)20(13)18-15-7-6-11-19(12-10-15)16(21)22-17(3,4)5/h8-9,15,18H,6-7,10-12H2,1-5H3. The molecule has 1 atom stereocenters. The molecule has 1 saturated heterocycles. The monoisotopic (exact) mass is 307 g/mol. The van der Waals surface area contributed by atoms with Crippen LogP contribution in [0.25, 0.3) is 0 Å². The summed E-state index contributed by atoms with van der Waals surface area (Å²) >= 11 is 0. The second-order valence-corrected chi connectivity index (χ2v) is 7.18. The van der Waals surface area contributed by atoms with Crippen LogP contribution in [0.4, 0.5) is 4.79 Å². The van der Waals surface area contributed by atoms with Crippen molar-refractivity contribution in [3.63, 3.8) is 0 Å². The highest BCUT2D eigenvalue weighted by Gasteiger charge is 2.25. The number of aromatic nitrogens is 1. The summed E-state index contributed by atoms with van der Waals surface area (Å²) in [6.45, 7) is 11.4. The zero-order valence-corrected chi connectivity index (χ0v) is 14.5. The third-order valence-corrected chi connectivity index (χ3v) is 3.96. The van der Waals surface area contributed by atoms with Crippen LogP contribution in [0.5, 0.6) is 0 Å². The van der Waals surface area contributed by atoms with E-state index in [4.69, 9.17) is 4.74 Å². The van der Waals surface area contributed by atoms with E-state index in [0.29, 0.717) is 6.04 Å². The zero-order valence-electron chi connectivity index (χ0n) is 14.5. The number of hydrogen-bond acceptors (Lipinski definition) is 3. The number of hydrogen-bond donors (Lipinski definition) is 1. The molecule has 0 saturated carbocycles. The van der Waals surface area contributed by atoms with Gasteiger partial charge in [-0.2, -0.15) is 0 Å². The number of carbonyl (C=O) groups is 1. The third kappa shape index (κ3) is 4.42. The van der Waals surface area contributed by atoms with Crippen molar-refractivity contribution in [3.8, 4) is 0 Å². The number of ether oxygens (including phenoxy) is 1. The first-order valence-corrected chi connectivity index (χ1v) is 8.16.